The van der Waals surface area contributed by atoms with Crippen molar-refractivity contribution in [2.24, 2.45) is 0 Å². The number of thiazole rings is 1. The van der Waals surface area contributed by atoms with Crippen molar-refractivity contribution in [2.45, 2.75) is 26.8 Å². The minimum absolute atomic E-state index is 0.0261. The van der Waals surface area contributed by atoms with Crippen molar-refractivity contribution in [3.63, 3.8) is 0 Å². The lowest BCUT2D eigenvalue weighted by molar-refractivity contribution is -0.132. The number of esters is 1. The Morgan fingerprint density at radius 3 is 2.74 bits per heavy atom. The van der Waals surface area contributed by atoms with Crippen molar-refractivity contribution in [3.8, 4) is 0 Å². The molecule has 3 heterocycles. The van der Waals surface area contributed by atoms with Crippen molar-refractivity contribution in [1.82, 2.24) is 4.98 Å². The Balaban J connectivity index is 1.87. The Morgan fingerprint density at radius 1 is 1.29 bits per heavy atom. The smallest absolute Gasteiger partial charge is 0.350 e. The average molecular weight is 479 g/mol. The summed E-state index contributed by atoms with van der Waals surface area (Å²) in [7, 11) is 0. The van der Waals surface area contributed by atoms with Crippen LogP contribution in [-0.2, 0) is 14.3 Å². The van der Waals surface area contributed by atoms with Crippen LogP contribution in [0.25, 0.3) is 5.76 Å². The van der Waals surface area contributed by atoms with Crippen LogP contribution < -0.4 is 4.90 Å². The van der Waals surface area contributed by atoms with Crippen molar-refractivity contribution >= 4 is 39.9 Å². The first kappa shape index (κ1) is 23.2. The van der Waals surface area contributed by atoms with E-state index in [2.05, 4.69) is 11.6 Å². The fourth-order valence-corrected chi connectivity index (χ4v) is 4.74. The van der Waals surface area contributed by atoms with Gasteiger partial charge in [-0.15, -0.1) is 0 Å². The molecule has 1 N–H and O–H groups in total. The van der Waals surface area contributed by atoms with E-state index >= 15 is 0 Å². The van der Waals surface area contributed by atoms with Crippen LogP contribution in [0.1, 0.15) is 43.9 Å². The number of amides is 1. The largest absolute Gasteiger partial charge is 0.507 e. The number of nitrogens with zero attached hydrogens (tertiary/aromatic N) is 2. The fourth-order valence-electron chi connectivity index (χ4n) is 3.76. The Morgan fingerprint density at radius 2 is 2.06 bits per heavy atom. The number of aliphatic hydroxyl groups excluding tert-OH is 1. The van der Waals surface area contributed by atoms with Gasteiger partial charge in [-0.25, -0.2) is 9.78 Å². The van der Waals surface area contributed by atoms with E-state index in [0.29, 0.717) is 11.3 Å². The summed E-state index contributed by atoms with van der Waals surface area (Å²) in [4.78, 5) is 44.5. The van der Waals surface area contributed by atoms with Crippen molar-refractivity contribution in [3.05, 3.63) is 87.8 Å². The minimum Gasteiger partial charge on any atom is -0.507 e. The topological polar surface area (TPSA) is 110 Å². The lowest BCUT2D eigenvalue weighted by atomic mass is 9.96. The summed E-state index contributed by atoms with van der Waals surface area (Å²) in [5.74, 6) is -2.39. The van der Waals surface area contributed by atoms with E-state index in [-0.39, 0.29) is 33.7 Å². The maximum Gasteiger partial charge on any atom is 0.350 e. The van der Waals surface area contributed by atoms with Gasteiger partial charge in [-0.3, -0.25) is 14.5 Å². The maximum atomic E-state index is 13.2. The predicted molar refractivity (Wildman–Crippen MR) is 127 cm³/mol. The van der Waals surface area contributed by atoms with Gasteiger partial charge in [-0.1, -0.05) is 41.7 Å². The normalized spacial score (nSPS) is 17.3. The summed E-state index contributed by atoms with van der Waals surface area (Å²) in [5, 5.41) is 11.3. The van der Waals surface area contributed by atoms with Crippen molar-refractivity contribution in [1.29, 1.82) is 0 Å². The third-order valence-corrected chi connectivity index (χ3v) is 6.55. The highest BCUT2D eigenvalue weighted by molar-refractivity contribution is 7.17. The van der Waals surface area contributed by atoms with Crippen molar-refractivity contribution < 1.29 is 28.6 Å². The first-order valence-electron chi connectivity index (χ1n) is 10.4. The number of hydrogen-bond donors (Lipinski definition) is 1. The third-order valence-electron chi connectivity index (χ3n) is 5.41. The first-order chi connectivity index (χ1) is 16.2. The van der Waals surface area contributed by atoms with Gasteiger partial charge in [0.25, 0.3) is 5.78 Å². The molecule has 3 aromatic rings. The second-order valence-electron chi connectivity index (χ2n) is 7.80. The van der Waals surface area contributed by atoms with Gasteiger partial charge in [0.15, 0.2) is 5.13 Å². The van der Waals surface area contributed by atoms with Gasteiger partial charge in [0, 0.05) is 5.56 Å². The molecule has 1 aliphatic rings. The fraction of sp³-hybridized carbons (Fsp3) is 0.200. The van der Waals surface area contributed by atoms with Gasteiger partial charge >= 0.3 is 11.9 Å². The molecular weight excluding hydrogens is 456 g/mol. The van der Waals surface area contributed by atoms with Gasteiger partial charge < -0.3 is 14.3 Å². The zero-order chi connectivity index (χ0) is 24.6. The Hall–Kier alpha value is -3.98. The summed E-state index contributed by atoms with van der Waals surface area (Å²) < 4.78 is 10.7. The van der Waals surface area contributed by atoms with E-state index in [0.717, 1.165) is 27.4 Å². The van der Waals surface area contributed by atoms with Gasteiger partial charge in [0.05, 0.1) is 17.5 Å². The molecule has 0 spiro atoms. The minimum atomic E-state index is -1.06. The number of ether oxygens (including phenoxy) is 1. The second-order valence-corrected chi connectivity index (χ2v) is 8.78. The Labute approximate surface area is 199 Å². The summed E-state index contributed by atoms with van der Waals surface area (Å²) in [6, 6.07) is 7.64. The van der Waals surface area contributed by atoms with E-state index in [9.17, 15) is 19.5 Å². The molecule has 1 amide bonds. The van der Waals surface area contributed by atoms with Gasteiger partial charge in [0.1, 0.15) is 29.0 Å². The summed E-state index contributed by atoms with van der Waals surface area (Å²) >= 11 is 0.924. The maximum absolute atomic E-state index is 13.2. The molecule has 1 atom stereocenters. The highest BCUT2D eigenvalue weighted by Crippen LogP contribution is 2.44. The molecule has 1 aliphatic heterocycles. The van der Waals surface area contributed by atoms with Crippen LogP contribution in [0.2, 0.25) is 0 Å². The van der Waals surface area contributed by atoms with E-state index in [1.807, 2.05) is 19.1 Å². The Bertz CT molecular complexity index is 1340. The lowest BCUT2D eigenvalue weighted by Gasteiger charge is -2.20. The van der Waals surface area contributed by atoms with Crippen LogP contribution in [0.4, 0.5) is 5.13 Å². The number of ketones is 1. The van der Waals surface area contributed by atoms with Crippen LogP contribution in [0.15, 0.2) is 59.2 Å². The number of Topliss-reactive ketones (excluding diaryl/α,β-unsaturated/α-hetero) is 1. The summed E-state index contributed by atoms with van der Waals surface area (Å²) in [6.07, 6.45) is 2.86. The summed E-state index contributed by atoms with van der Waals surface area (Å²) in [5.41, 5.74) is 2.30. The number of benzene rings is 1. The van der Waals surface area contributed by atoms with Crippen LogP contribution in [0.3, 0.4) is 0 Å². The standard InChI is InChI=1S/C25H22N2O6S/c1-5-10-33-24(31)22-15(4)26-25(34-22)27-19(17-7-6-11-32-17)18(21(29)23(27)30)20(28)16-12-13(2)8-9-14(16)3/h5-9,11-12,19,28H,1,10H2,2-4H3. The molecule has 1 unspecified atom stereocenters. The number of carbonyl (C=O) groups excluding carboxylic acids is 3. The van der Waals surface area contributed by atoms with E-state index in [1.165, 1.54) is 12.3 Å². The monoisotopic (exact) mass is 478 g/mol. The SMILES string of the molecule is C=CCOC(=O)c1sc(N2C(=O)C(=O)C(=C(O)c3cc(C)ccc3C)C2c2ccco2)nc1C. The van der Waals surface area contributed by atoms with Crippen molar-refractivity contribution in [2.75, 3.05) is 11.5 Å². The molecule has 174 valence electrons. The number of aliphatic hydroxyl groups is 1. The average Bonchev–Trinajstić information content (AvgIpc) is 3.52. The second kappa shape index (κ2) is 9.11. The number of anilines is 1. The van der Waals surface area contributed by atoms with Crippen LogP contribution in [0, 0.1) is 20.8 Å². The molecule has 0 bridgehead atoms. The number of aryl methyl sites for hydroxylation is 3. The highest BCUT2D eigenvalue weighted by atomic mass is 32.1. The number of carbonyl (C=O) groups is 3. The molecular formula is C25H22N2O6S. The van der Waals surface area contributed by atoms with Gasteiger partial charge in [-0.05, 0) is 44.5 Å². The molecule has 0 radical (unpaired) electrons. The third kappa shape index (κ3) is 3.94. The predicted octanol–water partition coefficient (Wildman–Crippen LogP) is 4.63. The highest BCUT2D eigenvalue weighted by Gasteiger charge is 2.49. The zero-order valence-electron chi connectivity index (χ0n) is 18.8. The molecule has 8 nitrogen and oxygen atoms in total. The number of rotatable bonds is 6. The lowest BCUT2D eigenvalue weighted by Crippen LogP contribution is -2.29. The van der Waals surface area contributed by atoms with Crippen LogP contribution in [0.5, 0.6) is 0 Å². The van der Waals surface area contributed by atoms with Gasteiger partial charge in [0.2, 0.25) is 0 Å². The van der Waals surface area contributed by atoms with Crippen LogP contribution >= 0.6 is 11.3 Å². The Kier molecular flexibility index (Phi) is 6.21. The first-order valence-corrected chi connectivity index (χ1v) is 11.2. The summed E-state index contributed by atoms with van der Waals surface area (Å²) in [6.45, 7) is 8.82. The number of hydrogen-bond acceptors (Lipinski definition) is 8. The molecule has 34 heavy (non-hydrogen) atoms. The van der Waals surface area contributed by atoms with E-state index in [1.54, 1.807) is 32.0 Å². The molecule has 9 heteroatoms. The number of aromatic nitrogens is 1. The molecule has 1 aromatic carbocycles. The molecule has 1 saturated heterocycles. The molecule has 4 rings (SSSR count). The molecule has 0 aliphatic carbocycles. The molecule has 0 saturated carbocycles. The van der Waals surface area contributed by atoms with Crippen LogP contribution in [-0.4, -0.2) is 34.4 Å². The van der Waals surface area contributed by atoms with Gasteiger partial charge in [-0.2, -0.15) is 0 Å². The molecule has 1 fully saturated rings. The van der Waals surface area contributed by atoms with E-state index in [4.69, 9.17) is 9.15 Å². The zero-order valence-corrected chi connectivity index (χ0v) is 19.6. The van der Waals surface area contributed by atoms with E-state index < -0.39 is 23.7 Å². The quantitative estimate of drug-likeness (QED) is 0.181. The molecule has 2 aromatic heterocycles. The number of furan rings is 1.